The summed E-state index contributed by atoms with van der Waals surface area (Å²) in [6.07, 6.45) is -2.70. The predicted molar refractivity (Wildman–Crippen MR) is 102 cm³/mol. The van der Waals surface area contributed by atoms with E-state index in [4.69, 9.17) is 0 Å². The molecule has 0 aliphatic heterocycles. The van der Waals surface area contributed by atoms with Crippen LogP contribution in [0.2, 0.25) is 0 Å². The number of nitrogens with one attached hydrogen (secondary N) is 2. The van der Waals surface area contributed by atoms with Crippen LogP contribution in [-0.4, -0.2) is 29.8 Å². The maximum absolute atomic E-state index is 13.9. The van der Waals surface area contributed by atoms with E-state index in [1.165, 1.54) is 18.2 Å². The second-order valence-electron chi connectivity index (χ2n) is 6.68. The van der Waals surface area contributed by atoms with Crippen LogP contribution in [0.25, 0.3) is 0 Å². The minimum atomic E-state index is -2.70. The highest BCUT2D eigenvalue weighted by molar-refractivity contribution is 5.97. The maximum Gasteiger partial charge on any atom is 0.272 e. The Morgan fingerprint density at radius 1 is 1.17 bits per heavy atom. The number of hydrogen-bond donors (Lipinski definition) is 2. The minimum Gasteiger partial charge on any atom is -0.485 e. The lowest BCUT2D eigenvalue weighted by atomic mass is 10.1. The van der Waals surface area contributed by atoms with Gasteiger partial charge in [0.05, 0.1) is 0 Å². The molecule has 0 aliphatic rings. The third-order valence-corrected chi connectivity index (χ3v) is 3.81. The Morgan fingerprint density at radius 2 is 1.90 bits per heavy atom. The molecular formula is C20H22F3N3O3. The minimum absolute atomic E-state index is 0.0138. The Bertz CT molecular complexity index is 889. The summed E-state index contributed by atoms with van der Waals surface area (Å²) in [5, 5.41) is 5.27. The third-order valence-electron chi connectivity index (χ3n) is 3.81. The Hall–Kier alpha value is -3.10. The number of aryl methyl sites for hydroxylation is 1. The predicted octanol–water partition coefficient (Wildman–Crippen LogP) is 3.70. The molecule has 2 N–H and O–H groups in total. The van der Waals surface area contributed by atoms with E-state index in [2.05, 4.69) is 20.4 Å². The van der Waals surface area contributed by atoms with Crippen molar-refractivity contribution in [1.29, 1.82) is 0 Å². The summed E-state index contributed by atoms with van der Waals surface area (Å²) in [7, 11) is 0. The number of carbonyl (C=O) groups is 2. The zero-order valence-corrected chi connectivity index (χ0v) is 16.3. The summed E-state index contributed by atoms with van der Waals surface area (Å²) in [6, 6.07) is 6.81. The van der Waals surface area contributed by atoms with Crippen molar-refractivity contribution >= 4 is 17.6 Å². The first kappa shape index (κ1) is 22.2. The molecular weight excluding hydrogens is 387 g/mol. The Morgan fingerprint density at radius 3 is 2.52 bits per heavy atom. The Labute approximate surface area is 166 Å². The number of amides is 2. The fourth-order valence-electron chi connectivity index (χ4n) is 2.34. The summed E-state index contributed by atoms with van der Waals surface area (Å²) in [5.41, 5.74) is 1.26. The maximum atomic E-state index is 13.9. The zero-order valence-electron chi connectivity index (χ0n) is 16.3. The number of anilines is 1. The molecule has 2 rings (SSSR count). The largest absolute Gasteiger partial charge is 0.485 e. The molecule has 156 valence electrons. The lowest BCUT2D eigenvalue weighted by Gasteiger charge is -2.11. The number of alkyl halides is 2. The number of benzene rings is 1. The molecule has 0 radical (unpaired) electrons. The lowest BCUT2D eigenvalue weighted by molar-refractivity contribution is -0.118. The number of nitrogens with zero attached hydrogens (tertiary/aromatic N) is 1. The van der Waals surface area contributed by atoms with Gasteiger partial charge >= 0.3 is 0 Å². The average Bonchev–Trinajstić information content (AvgIpc) is 2.64. The van der Waals surface area contributed by atoms with Crippen LogP contribution in [-0.2, 0) is 11.3 Å². The van der Waals surface area contributed by atoms with Crippen molar-refractivity contribution in [3.8, 4) is 5.75 Å². The molecule has 2 amide bonds. The van der Waals surface area contributed by atoms with Gasteiger partial charge in [-0.2, -0.15) is 0 Å². The van der Waals surface area contributed by atoms with Crippen LogP contribution in [0.1, 0.15) is 35.5 Å². The van der Waals surface area contributed by atoms with E-state index in [9.17, 15) is 22.8 Å². The smallest absolute Gasteiger partial charge is 0.272 e. The van der Waals surface area contributed by atoms with Gasteiger partial charge in [-0.05, 0) is 36.8 Å². The van der Waals surface area contributed by atoms with E-state index >= 15 is 0 Å². The third kappa shape index (κ3) is 6.78. The highest BCUT2D eigenvalue weighted by Crippen LogP contribution is 2.19. The summed E-state index contributed by atoms with van der Waals surface area (Å²) in [5.74, 6) is -1.71. The Balaban J connectivity index is 2.02. The van der Waals surface area contributed by atoms with Gasteiger partial charge in [-0.3, -0.25) is 9.59 Å². The van der Waals surface area contributed by atoms with Gasteiger partial charge in [0.25, 0.3) is 12.3 Å². The van der Waals surface area contributed by atoms with E-state index in [0.29, 0.717) is 11.3 Å². The van der Waals surface area contributed by atoms with Crippen LogP contribution >= 0.6 is 0 Å². The zero-order chi connectivity index (χ0) is 21.6. The Kier molecular flexibility index (Phi) is 7.58. The van der Waals surface area contributed by atoms with Crippen LogP contribution in [0.5, 0.6) is 5.75 Å². The quantitative estimate of drug-likeness (QED) is 0.697. The molecule has 0 aliphatic carbocycles. The molecule has 0 bridgehead atoms. The van der Waals surface area contributed by atoms with Crippen molar-refractivity contribution in [1.82, 2.24) is 10.3 Å². The van der Waals surface area contributed by atoms with Gasteiger partial charge in [0, 0.05) is 23.7 Å². The van der Waals surface area contributed by atoms with Crippen molar-refractivity contribution in [3.63, 3.8) is 0 Å². The first-order valence-corrected chi connectivity index (χ1v) is 8.93. The number of hydrogen-bond acceptors (Lipinski definition) is 4. The van der Waals surface area contributed by atoms with Crippen LogP contribution in [0.3, 0.4) is 0 Å². The topological polar surface area (TPSA) is 80.3 Å². The summed E-state index contributed by atoms with van der Waals surface area (Å²) in [6.45, 7) is 4.28. The fourth-order valence-corrected chi connectivity index (χ4v) is 2.34. The molecule has 0 unspecified atom stereocenters. The monoisotopic (exact) mass is 409 g/mol. The van der Waals surface area contributed by atoms with Crippen molar-refractivity contribution < 1.29 is 27.5 Å². The number of pyridine rings is 1. The van der Waals surface area contributed by atoms with Gasteiger partial charge in [-0.15, -0.1) is 0 Å². The summed E-state index contributed by atoms with van der Waals surface area (Å²) in [4.78, 5) is 28.4. The van der Waals surface area contributed by atoms with E-state index < -0.39 is 24.8 Å². The van der Waals surface area contributed by atoms with E-state index in [-0.39, 0.29) is 35.5 Å². The van der Waals surface area contributed by atoms with Gasteiger partial charge < -0.3 is 15.4 Å². The molecule has 6 nitrogen and oxygen atoms in total. The van der Waals surface area contributed by atoms with Crippen molar-refractivity contribution in [2.24, 2.45) is 5.92 Å². The van der Waals surface area contributed by atoms with Crippen LogP contribution < -0.4 is 15.4 Å². The lowest BCUT2D eigenvalue weighted by Crippen LogP contribution is -2.24. The van der Waals surface area contributed by atoms with Crippen LogP contribution in [0.15, 0.2) is 30.3 Å². The highest BCUT2D eigenvalue weighted by atomic mass is 19.3. The van der Waals surface area contributed by atoms with Crippen LogP contribution in [0.4, 0.5) is 19.0 Å². The van der Waals surface area contributed by atoms with E-state index in [0.717, 1.165) is 6.07 Å². The summed E-state index contributed by atoms with van der Waals surface area (Å²) < 4.78 is 42.9. The molecule has 29 heavy (non-hydrogen) atoms. The standard InChI is InChI=1S/C20H22F3N3O3/c1-11(2)19(27)26-18-8-14(6-12(3)25-18)20(28)24-9-13-4-5-16(15(21)7-13)29-10-17(22)23/h4-8,11,17H,9-10H2,1-3H3,(H,24,28)(H,25,26,27). The molecule has 0 spiro atoms. The molecule has 0 saturated carbocycles. The SMILES string of the molecule is Cc1cc(C(=O)NCc2ccc(OCC(F)F)c(F)c2)cc(NC(=O)C(C)C)n1. The van der Waals surface area contributed by atoms with Gasteiger partial charge in [-0.25, -0.2) is 18.2 Å². The van der Waals surface area contributed by atoms with Crippen molar-refractivity contribution in [3.05, 3.63) is 53.0 Å². The molecule has 1 aromatic heterocycles. The van der Waals surface area contributed by atoms with E-state index in [1.807, 2.05) is 0 Å². The van der Waals surface area contributed by atoms with Crippen molar-refractivity contribution in [2.45, 2.75) is 33.7 Å². The second kappa shape index (κ2) is 9.90. The molecule has 1 aromatic carbocycles. The normalized spacial score (nSPS) is 10.9. The van der Waals surface area contributed by atoms with Crippen molar-refractivity contribution in [2.75, 3.05) is 11.9 Å². The number of rotatable bonds is 8. The molecule has 2 aromatic rings. The highest BCUT2D eigenvalue weighted by Gasteiger charge is 2.13. The second-order valence-corrected chi connectivity index (χ2v) is 6.68. The van der Waals surface area contributed by atoms with Gasteiger partial charge in [0.15, 0.2) is 11.6 Å². The number of aromatic nitrogens is 1. The average molecular weight is 409 g/mol. The molecule has 0 saturated heterocycles. The molecule has 0 fully saturated rings. The summed E-state index contributed by atoms with van der Waals surface area (Å²) >= 11 is 0. The van der Waals surface area contributed by atoms with Gasteiger partial charge in [-0.1, -0.05) is 19.9 Å². The first-order chi connectivity index (χ1) is 13.7. The van der Waals surface area contributed by atoms with Gasteiger partial charge in [0.2, 0.25) is 5.91 Å². The molecule has 1 heterocycles. The number of halogens is 3. The van der Waals surface area contributed by atoms with Crippen LogP contribution in [0, 0.1) is 18.7 Å². The molecule has 9 heteroatoms. The van der Waals surface area contributed by atoms with E-state index in [1.54, 1.807) is 26.8 Å². The fraction of sp³-hybridized carbons (Fsp3) is 0.350. The number of carbonyl (C=O) groups excluding carboxylic acids is 2. The number of ether oxygens (including phenoxy) is 1. The first-order valence-electron chi connectivity index (χ1n) is 8.93. The molecule has 0 atom stereocenters. The van der Waals surface area contributed by atoms with Gasteiger partial charge in [0.1, 0.15) is 12.4 Å².